The third-order valence-corrected chi connectivity index (χ3v) is 5.26. The lowest BCUT2D eigenvalue weighted by Crippen LogP contribution is -2.46. The summed E-state index contributed by atoms with van der Waals surface area (Å²) in [6, 6.07) is 10.1. The van der Waals surface area contributed by atoms with Crippen molar-refractivity contribution in [2.45, 2.75) is 51.2 Å². The SMILES string of the molecule is O=C(NC(C1CCCCC1)C1CCNC1)OCc1ccccc1. The second-order valence-electron chi connectivity index (χ2n) is 6.88. The molecule has 1 saturated heterocycles. The first-order valence-corrected chi connectivity index (χ1v) is 9.01. The molecule has 2 N–H and O–H groups in total. The van der Waals surface area contributed by atoms with E-state index in [2.05, 4.69) is 10.6 Å². The summed E-state index contributed by atoms with van der Waals surface area (Å²) in [5.74, 6) is 1.15. The summed E-state index contributed by atoms with van der Waals surface area (Å²) in [5.41, 5.74) is 1.03. The molecule has 23 heavy (non-hydrogen) atoms. The van der Waals surface area contributed by atoms with E-state index in [0.717, 1.165) is 25.1 Å². The highest BCUT2D eigenvalue weighted by atomic mass is 16.5. The summed E-state index contributed by atoms with van der Waals surface area (Å²) in [7, 11) is 0. The molecule has 1 aliphatic carbocycles. The van der Waals surface area contributed by atoms with Crippen molar-refractivity contribution in [3.05, 3.63) is 35.9 Å². The molecule has 0 spiro atoms. The first-order valence-electron chi connectivity index (χ1n) is 9.01. The number of benzene rings is 1. The van der Waals surface area contributed by atoms with Crippen molar-refractivity contribution < 1.29 is 9.53 Å². The highest BCUT2D eigenvalue weighted by Crippen LogP contribution is 2.31. The number of hydrogen-bond acceptors (Lipinski definition) is 3. The van der Waals surface area contributed by atoms with Gasteiger partial charge < -0.3 is 15.4 Å². The topological polar surface area (TPSA) is 50.4 Å². The van der Waals surface area contributed by atoms with Crippen LogP contribution >= 0.6 is 0 Å². The standard InChI is InChI=1S/C19H28N2O2/c22-19(23-14-15-7-3-1-4-8-15)21-18(17-11-12-20-13-17)16-9-5-2-6-10-16/h1,3-4,7-8,16-18,20H,2,5-6,9-14H2,(H,21,22). The first kappa shape index (κ1) is 16.3. The molecule has 1 aromatic rings. The summed E-state index contributed by atoms with van der Waals surface area (Å²) >= 11 is 0. The van der Waals surface area contributed by atoms with Crippen molar-refractivity contribution in [2.24, 2.45) is 11.8 Å². The molecule has 4 nitrogen and oxygen atoms in total. The molecule has 1 aliphatic heterocycles. The number of carbonyl (C=O) groups is 1. The second kappa shape index (κ2) is 8.34. The zero-order chi connectivity index (χ0) is 15.9. The molecule has 1 amide bonds. The number of amides is 1. The Kier molecular flexibility index (Phi) is 5.92. The maximum absolute atomic E-state index is 12.3. The van der Waals surface area contributed by atoms with Crippen molar-refractivity contribution in [1.29, 1.82) is 0 Å². The molecule has 0 bridgehead atoms. The molecule has 1 aromatic carbocycles. The van der Waals surface area contributed by atoms with Crippen molar-refractivity contribution >= 4 is 6.09 Å². The molecule has 0 aromatic heterocycles. The molecule has 2 fully saturated rings. The normalized spacial score (nSPS) is 23.4. The molecule has 2 aliphatic rings. The van der Waals surface area contributed by atoms with Crippen LogP contribution in [0.4, 0.5) is 4.79 Å². The first-order chi connectivity index (χ1) is 11.3. The van der Waals surface area contributed by atoms with Gasteiger partial charge in [-0.25, -0.2) is 4.79 Å². The van der Waals surface area contributed by atoms with Gasteiger partial charge in [0, 0.05) is 6.04 Å². The van der Waals surface area contributed by atoms with Crippen LogP contribution in [-0.4, -0.2) is 25.2 Å². The largest absolute Gasteiger partial charge is 0.445 e. The van der Waals surface area contributed by atoms with Crippen LogP contribution in [0.5, 0.6) is 0 Å². The molecule has 0 radical (unpaired) electrons. The van der Waals surface area contributed by atoms with Gasteiger partial charge in [-0.05, 0) is 49.8 Å². The van der Waals surface area contributed by atoms with Gasteiger partial charge in [0.25, 0.3) is 0 Å². The van der Waals surface area contributed by atoms with Crippen molar-refractivity contribution in [3.8, 4) is 0 Å². The molecule has 2 atom stereocenters. The summed E-state index contributed by atoms with van der Waals surface area (Å²) in [6.45, 7) is 2.42. The van der Waals surface area contributed by atoms with Crippen LogP contribution in [0, 0.1) is 11.8 Å². The molecule has 1 saturated carbocycles. The van der Waals surface area contributed by atoms with Gasteiger partial charge in [-0.15, -0.1) is 0 Å². The van der Waals surface area contributed by atoms with Gasteiger partial charge in [0.2, 0.25) is 0 Å². The maximum Gasteiger partial charge on any atom is 0.407 e. The quantitative estimate of drug-likeness (QED) is 0.874. The zero-order valence-corrected chi connectivity index (χ0v) is 13.8. The molecule has 1 heterocycles. The van der Waals surface area contributed by atoms with E-state index in [1.807, 2.05) is 30.3 Å². The fourth-order valence-electron chi connectivity index (χ4n) is 4.00. The van der Waals surface area contributed by atoms with Crippen LogP contribution < -0.4 is 10.6 Å². The van der Waals surface area contributed by atoms with Crippen LogP contribution in [0.3, 0.4) is 0 Å². The average molecular weight is 316 g/mol. The Morgan fingerprint density at radius 2 is 1.91 bits per heavy atom. The molecular weight excluding hydrogens is 288 g/mol. The monoisotopic (exact) mass is 316 g/mol. The highest BCUT2D eigenvalue weighted by Gasteiger charge is 2.33. The van der Waals surface area contributed by atoms with Gasteiger partial charge in [0.1, 0.15) is 6.61 Å². The second-order valence-corrected chi connectivity index (χ2v) is 6.88. The average Bonchev–Trinajstić information content (AvgIpc) is 3.14. The van der Waals surface area contributed by atoms with Gasteiger partial charge in [-0.1, -0.05) is 49.6 Å². The van der Waals surface area contributed by atoms with E-state index in [1.54, 1.807) is 0 Å². The van der Waals surface area contributed by atoms with E-state index in [0.29, 0.717) is 18.4 Å². The van der Waals surface area contributed by atoms with E-state index in [1.165, 1.54) is 32.1 Å². The van der Waals surface area contributed by atoms with Crippen molar-refractivity contribution in [3.63, 3.8) is 0 Å². The maximum atomic E-state index is 12.3. The van der Waals surface area contributed by atoms with Crippen LogP contribution in [0.25, 0.3) is 0 Å². The smallest absolute Gasteiger partial charge is 0.407 e. The Balaban J connectivity index is 1.55. The van der Waals surface area contributed by atoms with Gasteiger partial charge in [0.15, 0.2) is 0 Å². The van der Waals surface area contributed by atoms with E-state index in [-0.39, 0.29) is 12.1 Å². The number of ether oxygens (including phenoxy) is 1. The fraction of sp³-hybridized carbons (Fsp3) is 0.632. The third-order valence-electron chi connectivity index (χ3n) is 5.26. The lowest BCUT2D eigenvalue weighted by atomic mass is 9.78. The van der Waals surface area contributed by atoms with Gasteiger partial charge in [0.05, 0.1) is 0 Å². The number of rotatable bonds is 5. The van der Waals surface area contributed by atoms with Crippen LogP contribution in [0.15, 0.2) is 30.3 Å². The fourth-order valence-corrected chi connectivity index (χ4v) is 4.00. The minimum Gasteiger partial charge on any atom is -0.445 e. The summed E-state index contributed by atoms with van der Waals surface area (Å²) in [5, 5.41) is 6.63. The minimum atomic E-state index is -0.267. The van der Waals surface area contributed by atoms with Gasteiger partial charge in [-0.2, -0.15) is 0 Å². The van der Waals surface area contributed by atoms with E-state index in [9.17, 15) is 4.79 Å². The Morgan fingerprint density at radius 1 is 1.13 bits per heavy atom. The third kappa shape index (κ3) is 4.71. The Labute approximate surface area is 139 Å². The number of nitrogens with one attached hydrogen (secondary N) is 2. The van der Waals surface area contributed by atoms with Crippen molar-refractivity contribution in [1.82, 2.24) is 10.6 Å². The molecular formula is C19H28N2O2. The van der Waals surface area contributed by atoms with Crippen LogP contribution in [-0.2, 0) is 11.3 Å². The Hall–Kier alpha value is -1.55. The predicted octanol–water partition coefficient (Wildman–Crippen LogP) is 3.47. The number of carbonyl (C=O) groups excluding carboxylic acids is 1. The van der Waals surface area contributed by atoms with Crippen molar-refractivity contribution in [2.75, 3.05) is 13.1 Å². The Morgan fingerprint density at radius 3 is 2.61 bits per heavy atom. The van der Waals surface area contributed by atoms with Gasteiger partial charge in [-0.3, -0.25) is 0 Å². The summed E-state index contributed by atoms with van der Waals surface area (Å²) in [6.07, 6.45) is 7.28. The van der Waals surface area contributed by atoms with E-state index >= 15 is 0 Å². The lowest BCUT2D eigenvalue weighted by Gasteiger charge is -2.34. The summed E-state index contributed by atoms with van der Waals surface area (Å²) < 4.78 is 5.44. The van der Waals surface area contributed by atoms with E-state index in [4.69, 9.17) is 4.74 Å². The molecule has 3 rings (SSSR count). The number of alkyl carbamates (subject to hydrolysis) is 1. The Bertz CT molecular complexity index is 479. The molecule has 126 valence electrons. The van der Waals surface area contributed by atoms with E-state index < -0.39 is 0 Å². The summed E-state index contributed by atoms with van der Waals surface area (Å²) in [4.78, 5) is 12.3. The predicted molar refractivity (Wildman–Crippen MR) is 91.1 cm³/mol. The minimum absolute atomic E-state index is 0.258. The van der Waals surface area contributed by atoms with Crippen LogP contribution in [0.2, 0.25) is 0 Å². The van der Waals surface area contributed by atoms with Crippen LogP contribution in [0.1, 0.15) is 44.1 Å². The highest BCUT2D eigenvalue weighted by molar-refractivity contribution is 5.67. The molecule has 4 heteroatoms. The zero-order valence-electron chi connectivity index (χ0n) is 13.8. The van der Waals surface area contributed by atoms with Gasteiger partial charge >= 0.3 is 6.09 Å². The molecule has 2 unspecified atom stereocenters. The lowest BCUT2D eigenvalue weighted by molar-refractivity contribution is 0.121. The number of hydrogen-bond donors (Lipinski definition) is 2.